The van der Waals surface area contributed by atoms with Crippen LogP contribution in [0.4, 0.5) is 0 Å². The Balaban J connectivity index is 1.57. The molecule has 0 radical (unpaired) electrons. The topological polar surface area (TPSA) is 64.4 Å². The molecule has 1 aliphatic rings. The zero-order valence-electron chi connectivity index (χ0n) is 13.3. The molecule has 2 aromatic rings. The van der Waals surface area contributed by atoms with E-state index in [1.54, 1.807) is 11.8 Å². The van der Waals surface area contributed by atoms with Crippen LogP contribution in [0.1, 0.15) is 24.3 Å². The number of carbonyl (C=O) groups is 1. The fourth-order valence-corrected chi connectivity index (χ4v) is 2.56. The first-order valence-corrected chi connectivity index (χ1v) is 8.86. The maximum absolute atomic E-state index is 11.6. The van der Waals surface area contributed by atoms with Crippen molar-refractivity contribution >= 4 is 17.7 Å². The molecule has 0 bridgehead atoms. The quantitative estimate of drug-likeness (QED) is 0.789. The summed E-state index contributed by atoms with van der Waals surface area (Å²) in [6, 6.07) is 8.42. The van der Waals surface area contributed by atoms with Crippen LogP contribution in [-0.4, -0.2) is 29.8 Å². The molecule has 122 valence electrons. The minimum Gasteiger partial charge on any atom is -0.441 e. The maximum atomic E-state index is 11.6. The average Bonchev–Trinajstić information content (AvgIpc) is 3.29. The summed E-state index contributed by atoms with van der Waals surface area (Å²) in [4.78, 5) is 17.2. The van der Waals surface area contributed by atoms with Crippen molar-refractivity contribution in [1.29, 1.82) is 0 Å². The fourth-order valence-electron chi connectivity index (χ4n) is 2.16. The molecule has 1 aromatic heterocycles. The van der Waals surface area contributed by atoms with Crippen LogP contribution in [0.2, 0.25) is 0 Å². The molecule has 1 fully saturated rings. The van der Waals surface area contributed by atoms with Crippen LogP contribution in [0, 0.1) is 6.92 Å². The molecule has 0 unspecified atom stereocenters. The van der Waals surface area contributed by atoms with Gasteiger partial charge < -0.3 is 14.5 Å². The zero-order valence-corrected chi connectivity index (χ0v) is 14.1. The van der Waals surface area contributed by atoms with Gasteiger partial charge in [-0.1, -0.05) is 0 Å². The summed E-state index contributed by atoms with van der Waals surface area (Å²) < 4.78 is 11.1. The summed E-state index contributed by atoms with van der Waals surface area (Å²) in [5.41, 5.74) is 1.66. The van der Waals surface area contributed by atoms with E-state index >= 15 is 0 Å². The van der Waals surface area contributed by atoms with Crippen LogP contribution in [-0.2, 0) is 16.1 Å². The molecule has 0 aliphatic heterocycles. The highest BCUT2D eigenvalue weighted by Gasteiger charge is 2.23. The lowest BCUT2D eigenvalue weighted by molar-refractivity contribution is -0.126. The molecule has 23 heavy (non-hydrogen) atoms. The van der Waals surface area contributed by atoms with Crippen molar-refractivity contribution in [2.75, 3.05) is 12.9 Å². The minimum atomic E-state index is -0.0680. The summed E-state index contributed by atoms with van der Waals surface area (Å²) in [5.74, 6) is 1.23. The van der Waals surface area contributed by atoms with Crippen molar-refractivity contribution in [1.82, 2.24) is 10.3 Å². The lowest BCUT2D eigenvalue weighted by Gasteiger charge is -2.03. The van der Waals surface area contributed by atoms with E-state index in [1.165, 1.54) is 4.90 Å². The molecule has 1 N–H and O–H groups in total. The second-order valence-electron chi connectivity index (χ2n) is 5.58. The van der Waals surface area contributed by atoms with E-state index in [0.29, 0.717) is 11.9 Å². The van der Waals surface area contributed by atoms with E-state index in [2.05, 4.69) is 10.3 Å². The number of hydrogen-bond acceptors (Lipinski definition) is 5. The van der Waals surface area contributed by atoms with Crippen molar-refractivity contribution in [3.8, 4) is 11.5 Å². The molecular weight excluding hydrogens is 312 g/mol. The maximum Gasteiger partial charge on any atom is 0.246 e. The number of rotatable bonds is 7. The van der Waals surface area contributed by atoms with Crippen LogP contribution in [0.15, 0.2) is 33.6 Å². The first kappa shape index (κ1) is 16.1. The average molecular weight is 332 g/mol. The molecule has 6 heteroatoms. The number of benzene rings is 1. The number of nitrogens with zero attached hydrogens (tertiary/aromatic N) is 1. The number of thioether (sulfide) groups is 1. The molecule has 1 saturated carbocycles. The molecule has 0 spiro atoms. The number of ether oxygens (including phenoxy) is 1. The Labute approximate surface area is 139 Å². The molecule has 5 nitrogen and oxygen atoms in total. The van der Waals surface area contributed by atoms with Crippen molar-refractivity contribution < 1.29 is 13.9 Å². The molecule has 1 amide bonds. The van der Waals surface area contributed by atoms with Crippen molar-refractivity contribution in [2.24, 2.45) is 0 Å². The first-order chi connectivity index (χ1) is 11.2. The molecule has 1 aliphatic carbocycles. The summed E-state index contributed by atoms with van der Waals surface area (Å²) in [7, 11) is 0. The standard InChI is InChI=1S/C17H20N2O3S/c1-11-15(9-21-10-16(20)18-13-5-6-13)19-17(22-11)12-3-7-14(23-2)8-4-12/h3-4,7-8,13H,5-6,9-10H2,1-2H3,(H,18,20). The van der Waals surface area contributed by atoms with Crippen LogP contribution >= 0.6 is 11.8 Å². The Morgan fingerprint density at radius 2 is 2.13 bits per heavy atom. The SMILES string of the molecule is CSc1ccc(-c2nc(COCC(=O)NC3CC3)c(C)o2)cc1. The van der Waals surface area contributed by atoms with E-state index in [9.17, 15) is 4.79 Å². The van der Waals surface area contributed by atoms with Gasteiger partial charge in [0.2, 0.25) is 11.8 Å². The Morgan fingerprint density at radius 3 is 2.78 bits per heavy atom. The van der Waals surface area contributed by atoms with Gasteiger partial charge in [0.15, 0.2) is 0 Å². The Hall–Kier alpha value is -1.79. The number of nitrogens with one attached hydrogen (secondary N) is 1. The van der Waals surface area contributed by atoms with E-state index < -0.39 is 0 Å². The lowest BCUT2D eigenvalue weighted by atomic mass is 10.2. The molecule has 0 saturated heterocycles. The summed E-state index contributed by atoms with van der Waals surface area (Å²) in [6.07, 6.45) is 4.19. The van der Waals surface area contributed by atoms with Gasteiger partial charge >= 0.3 is 0 Å². The van der Waals surface area contributed by atoms with Gasteiger partial charge in [0.1, 0.15) is 18.1 Å². The lowest BCUT2D eigenvalue weighted by Crippen LogP contribution is -2.29. The predicted molar refractivity (Wildman–Crippen MR) is 89.3 cm³/mol. The number of aromatic nitrogens is 1. The second kappa shape index (κ2) is 7.19. The molecule has 0 atom stereocenters. The van der Waals surface area contributed by atoms with Crippen molar-refractivity contribution in [3.63, 3.8) is 0 Å². The third-order valence-electron chi connectivity index (χ3n) is 3.64. The van der Waals surface area contributed by atoms with Crippen molar-refractivity contribution in [2.45, 2.75) is 37.3 Å². The highest BCUT2D eigenvalue weighted by molar-refractivity contribution is 7.98. The number of aryl methyl sites for hydroxylation is 1. The van der Waals surface area contributed by atoms with E-state index in [1.807, 2.05) is 37.4 Å². The summed E-state index contributed by atoms with van der Waals surface area (Å²) in [6.45, 7) is 2.19. The third kappa shape index (κ3) is 4.36. The molecule has 1 heterocycles. The Bertz CT molecular complexity index is 678. The molecular formula is C17H20N2O3S. The van der Waals surface area contributed by atoms with Gasteiger partial charge in [0.05, 0.1) is 6.61 Å². The summed E-state index contributed by atoms with van der Waals surface area (Å²) in [5, 5.41) is 2.89. The molecule has 3 rings (SSSR count). The largest absolute Gasteiger partial charge is 0.441 e. The third-order valence-corrected chi connectivity index (χ3v) is 4.39. The number of hydrogen-bond donors (Lipinski definition) is 1. The van der Waals surface area contributed by atoms with Gasteiger partial charge in [-0.05, 0) is 50.3 Å². The van der Waals surface area contributed by atoms with Gasteiger partial charge in [-0.25, -0.2) is 4.98 Å². The minimum absolute atomic E-state index is 0.0561. The van der Waals surface area contributed by atoms with Gasteiger partial charge in [-0.3, -0.25) is 4.79 Å². The highest BCUT2D eigenvalue weighted by Crippen LogP contribution is 2.24. The number of carbonyl (C=O) groups excluding carboxylic acids is 1. The monoisotopic (exact) mass is 332 g/mol. The Kier molecular flexibility index (Phi) is 5.03. The fraction of sp³-hybridized carbons (Fsp3) is 0.412. The first-order valence-electron chi connectivity index (χ1n) is 7.63. The smallest absolute Gasteiger partial charge is 0.246 e. The van der Waals surface area contributed by atoms with Gasteiger partial charge in [0, 0.05) is 16.5 Å². The van der Waals surface area contributed by atoms with Crippen LogP contribution in [0.3, 0.4) is 0 Å². The normalized spacial score (nSPS) is 14.0. The predicted octanol–water partition coefficient (Wildman–Crippen LogP) is 3.17. The summed E-state index contributed by atoms with van der Waals surface area (Å²) >= 11 is 1.69. The van der Waals surface area contributed by atoms with Crippen molar-refractivity contribution in [3.05, 3.63) is 35.7 Å². The molecule has 1 aromatic carbocycles. The van der Waals surface area contributed by atoms with Gasteiger partial charge in [-0.2, -0.15) is 0 Å². The van der Waals surface area contributed by atoms with E-state index in [4.69, 9.17) is 9.15 Å². The van der Waals surface area contributed by atoms with E-state index in [0.717, 1.165) is 29.9 Å². The van der Waals surface area contributed by atoms with Gasteiger partial charge in [0.25, 0.3) is 0 Å². The number of oxazole rings is 1. The second-order valence-corrected chi connectivity index (χ2v) is 6.46. The van der Waals surface area contributed by atoms with Gasteiger partial charge in [-0.15, -0.1) is 11.8 Å². The Morgan fingerprint density at radius 1 is 1.39 bits per heavy atom. The highest BCUT2D eigenvalue weighted by atomic mass is 32.2. The van der Waals surface area contributed by atoms with Crippen LogP contribution < -0.4 is 5.32 Å². The van der Waals surface area contributed by atoms with Crippen LogP contribution in [0.5, 0.6) is 0 Å². The number of amides is 1. The van der Waals surface area contributed by atoms with Crippen LogP contribution in [0.25, 0.3) is 11.5 Å². The zero-order chi connectivity index (χ0) is 16.2. The van der Waals surface area contributed by atoms with E-state index in [-0.39, 0.29) is 19.1 Å².